The molecule has 1 amide bonds. The minimum atomic E-state index is -0.848. The van der Waals surface area contributed by atoms with Crippen molar-refractivity contribution in [1.82, 2.24) is 9.88 Å². The van der Waals surface area contributed by atoms with Crippen LogP contribution in [0.15, 0.2) is 47.0 Å². The average Bonchev–Trinajstić information content (AvgIpc) is 3.02. The summed E-state index contributed by atoms with van der Waals surface area (Å²) in [6, 6.07) is 9.24. The van der Waals surface area contributed by atoms with E-state index >= 15 is 0 Å². The largest absolute Gasteiger partial charge is 0.458 e. The van der Waals surface area contributed by atoms with Crippen molar-refractivity contribution in [3.05, 3.63) is 59.0 Å². The predicted octanol–water partition coefficient (Wildman–Crippen LogP) is 4.26. The van der Waals surface area contributed by atoms with Gasteiger partial charge < -0.3 is 19.4 Å². The fourth-order valence-corrected chi connectivity index (χ4v) is 3.34. The van der Waals surface area contributed by atoms with E-state index in [4.69, 9.17) is 20.8 Å². The number of amides is 1. The highest BCUT2D eigenvalue weighted by atomic mass is 35.5. The van der Waals surface area contributed by atoms with Crippen LogP contribution in [0.3, 0.4) is 0 Å². The Kier molecular flexibility index (Phi) is 4.99. The first-order valence-electron chi connectivity index (χ1n) is 9.34. The Labute approximate surface area is 178 Å². The molecule has 7 nitrogen and oxygen atoms in total. The van der Waals surface area contributed by atoms with Crippen LogP contribution >= 0.6 is 11.6 Å². The van der Waals surface area contributed by atoms with Crippen molar-refractivity contribution in [3.8, 4) is 5.88 Å². The summed E-state index contributed by atoms with van der Waals surface area (Å²) in [5, 5.41) is 4.43. The van der Waals surface area contributed by atoms with Gasteiger partial charge in [0.2, 0.25) is 11.8 Å². The van der Waals surface area contributed by atoms with Gasteiger partial charge >= 0.3 is 5.97 Å². The van der Waals surface area contributed by atoms with E-state index in [1.54, 1.807) is 33.0 Å². The highest BCUT2D eigenvalue weighted by Crippen LogP contribution is 2.32. The standard InChI is InChI=1S/C22H20ClN3O4/c1-22(2)21(28)30-20-15(25-22)10-13(11-24-20)8-9-18(27)26(3)12-17-19(23)14-6-4-5-7-16(14)29-17/h4-11,25H,12H2,1-3H3/b9-8+. The van der Waals surface area contributed by atoms with E-state index < -0.39 is 11.5 Å². The molecule has 1 aliphatic rings. The molecule has 154 valence electrons. The maximum absolute atomic E-state index is 12.5. The molecule has 0 fully saturated rings. The Bertz CT molecular complexity index is 1180. The number of carbonyl (C=O) groups excluding carboxylic acids is 2. The van der Waals surface area contributed by atoms with Gasteiger partial charge in [-0.25, -0.2) is 9.78 Å². The number of fused-ring (bicyclic) bond motifs is 2. The minimum Gasteiger partial charge on any atom is -0.458 e. The Hall–Kier alpha value is -3.32. The second-order valence-corrected chi connectivity index (χ2v) is 8.00. The van der Waals surface area contributed by atoms with Gasteiger partial charge in [-0.15, -0.1) is 0 Å². The van der Waals surface area contributed by atoms with Gasteiger partial charge in [-0.1, -0.05) is 23.7 Å². The number of nitrogens with zero attached hydrogens (tertiary/aromatic N) is 2. The molecular weight excluding hydrogens is 406 g/mol. The van der Waals surface area contributed by atoms with Crippen molar-refractivity contribution >= 4 is 46.2 Å². The van der Waals surface area contributed by atoms with Crippen LogP contribution in [0.2, 0.25) is 5.02 Å². The smallest absolute Gasteiger partial charge is 0.337 e. The molecule has 1 aliphatic heterocycles. The quantitative estimate of drug-likeness (QED) is 0.496. The maximum atomic E-state index is 12.5. The number of esters is 1. The molecule has 0 radical (unpaired) electrons. The van der Waals surface area contributed by atoms with Crippen LogP contribution in [0.4, 0.5) is 5.69 Å². The van der Waals surface area contributed by atoms with Crippen molar-refractivity contribution < 1.29 is 18.7 Å². The molecule has 0 spiro atoms. The van der Waals surface area contributed by atoms with Crippen molar-refractivity contribution in [2.45, 2.75) is 25.9 Å². The average molecular weight is 426 g/mol. The van der Waals surface area contributed by atoms with Crippen LogP contribution in [-0.4, -0.2) is 34.3 Å². The number of likely N-dealkylation sites (N-methyl/N-ethyl adjacent to an activating group) is 1. The lowest BCUT2D eigenvalue weighted by atomic mass is 10.0. The number of benzene rings is 1. The SMILES string of the molecule is CN(Cc1oc2ccccc2c1Cl)C(=O)/C=C/c1cnc2c(c1)NC(C)(C)C(=O)O2. The zero-order chi connectivity index (χ0) is 21.5. The third kappa shape index (κ3) is 3.76. The molecule has 0 aliphatic carbocycles. The second kappa shape index (κ2) is 7.50. The molecule has 30 heavy (non-hydrogen) atoms. The zero-order valence-corrected chi connectivity index (χ0v) is 17.5. The first-order chi connectivity index (χ1) is 14.2. The summed E-state index contributed by atoms with van der Waals surface area (Å²) in [5.74, 6) is 0.140. The van der Waals surface area contributed by atoms with Crippen LogP contribution < -0.4 is 10.1 Å². The van der Waals surface area contributed by atoms with Gasteiger partial charge in [0.15, 0.2) is 0 Å². The van der Waals surface area contributed by atoms with Crippen LogP contribution in [0.25, 0.3) is 17.0 Å². The van der Waals surface area contributed by atoms with Gasteiger partial charge in [-0.05, 0) is 43.7 Å². The van der Waals surface area contributed by atoms with Gasteiger partial charge in [0.05, 0.1) is 17.3 Å². The zero-order valence-electron chi connectivity index (χ0n) is 16.7. The first-order valence-corrected chi connectivity index (χ1v) is 9.72. The van der Waals surface area contributed by atoms with Crippen LogP contribution in [0, 0.1) is 0 Å². The number of rotatable bonds is 4. The molecule has 3 aromatic rings. The molecule has 2 aromatic heterocycles. The summed E-state index contributed by atoms with van der Waals surface area (Å²) in [5.41, 5.74) is 1.12. The highest BCUT2D eigenvalue weighted by molar-refractivity contribution is 6.36. The molecule has 0 saturated carbocycles. The van der Waals surface area contributed by atoms with Gasteiger partial charge in [-0.2, -0.15) is 0 Å². The summed E-state index contributed by atoms with van der Waals surface area (Å²) in [6.07, 6.45) is 4.63. The van der Waals surface area contributed by atoms with Crippen LogP contribution in [0.1, 0.15) is 25.2 Å². The van der Waals surface area contributed by atoms with E-state index in [0.29, 0.717) is 27.6 Å². The number of ether oxygens (including phenoxy) is 1. The lowest BCUT2D eigenvalue weighted by molar-refractivity contribution is -0.139. The number of para-hydroxylation sites is 1. The fraction of sp³-hybridized carbons (Fsp3) is 0.227. The first kappa shape index (κ1) is 20.0. The van der Waals surface area contributed by atoms with Crippen molar-refractivity contribution in [2.75, 3.05) is 12.4 Å². The van der Waals surface area contributed by atoms with E-state index in [0.717, 1.165) is 5.39 Å². The molecule has 8 heteroatoms. The second-order valence-electron chi connectivity index (χ2n) is 7.62. The van der Waals surface area contributed by atoms with Crippen molar-refractivity contribution in [3.63, 3.8) is 0 Å². The molecule has 4 rings (SSSR count). The van der Waals surface area contributed by atoms with E-state index in [-0.39, 0.29) is 18.3 Å². The van der Waals surface area contributed by atoms with E-state index in [9.17, 15) is 9.59 Å². The molecule has 1 N–H and O–H groups in total. The molecule has 0 bridgehead atoms. The topological polar surface area (TPSA) is 84.7 Å². The number of furan rings is 1. The van der Waals surface area contributed by atoms with Crippen molar-refractivity contribution in [2.24, 2.45) is 0 Å². The number of carbonyl (C=O) groups is 2. The summed E-state index contributed by atoms with van der Waals surface area (Å²) < 4.78 is 11.0. The summed E-state index contributed by atoms with van der Waals surface area (Å²) in [7, 11) is 1.67. The monoisotopic (exact) mass is 425 g/mol. The lowest BCUT2D eigenvalue weighted by Gasteiger charge is -2.30. The molecule has 3 heterocycles. The Morgan fingerprint density at radius 2 is 2.10 bits per heavy atom. The number of nitrogens with one attached hydrogen (secondary N) is 1. The molecule has 0 atom stereocenters. The van der Waals surface area contributed by atoms with E-state index in [2.05, 4.69) is 10.3 Å². The molecule has 0 unspecified atom stereocenters. The molecular formula is C22H20ClN3O4. The lowest BCUT2D eigenvalue weighted by Crippen LogP contribution is -2.46. The number of hydrogen-bond donors (Lipinski definition) is 1. The van der Waals surface area contributed by atoms with Gasteiger partial charge in [0, 0.05) is 24.7 Å². The summed E-state index contributed by atoms with van der Waals surface area (Å²) in [4.78, 5) is 30.1. The van der Waals surface area contributed by atoms with E-state index in [1.807, 2.05) is 24.3 Å². The maximum Gasteiger partial charge on any atom is 0.337 e. The van der Waals surface area contributed by atoms with Crippen LogP contribution in [-0.2, 0) is 16.1 Å². The number of aromatic nitrogens is 1. The summed E-state index contributed by atoms with van der Waals surface area (Å²) in [6.45, 7) is 3.69. The highest BCUT2D eigenvalue weighted by Gasteiger charge is 2.35. The van der Waals surface area contributed by atoms with Crippen LogP contribution in [0.5, 0.6) is 5.88 Å². The summed E-state index contributed by atoms with van der Waals surface area (Å²) >= 11 is 6.38. The number of pyridine rings is 1. The predicted molar refractivity (Wildman–Crippen MR) is 114 cm³/mol. The van der Waals surface area contributed by atoms with Gasteiger partial charge in [-0.3, -0.25) is 4.79 Å². The third-order valence-electron chi connectivity index (χ3n) is 4.80. The van der Waals surface area contributed by atoms with Crippen molar-refractivity contribution in [1.29, 1.82) is 0 Å². The Morgan fingerprint density at radius 3 is 2.87 bits per heavy atom. The Balaban J connectivity index is 1.47. The van der Waals surface area contributed by atoms with Gasteiger partial charge in [0.25, 0.3) is 0 Å². The fourth-order valence-electron chi connectivity index (χ4n) is 3.09. The molecule has 1 aromatic carbocycles. The number of hydrogen-bond acceptors (Lipinski definition) is 6. The Morgan fingerprint density at radius 1 is 1.33 bits per heavy atom. The van der Waals surface area contributed by atoms with Gasteiger partial charge in [0.1, 0.15) is 16.9 Å². The number of anilines is 1. The van der Waals surface area contributed by atoms with E-state index in [1.165, 1.54) is 17.2 Å². The normalized spacial score (nSPS) is 15.0. The third-order valence-corrected chi connectivity index (χ3v) is 5.21. The molecule has 0 saturated heterocycles. The minimum absolute atomic E-state index is 0.219. The number of halogens is 1.